The van der Waals surface area contributed by atoms with Crippen molar-refractivity contribution in [2.75, 3.05) is 24.5 Å². The third kappa shape index (κ3) is 2.66. The van der Waals surface area contributed by atoms with Gasteiger partial charge in [-0.2, -0.15) is 0 Å². The summed E-state index contributed by atoms with van der Waals surface area (Å²) in [5, 5.41) is 3.59. The van der Waals surface area contributed by atoms with Crippen LogP contribution in [0.25, 0.3) is 0 Å². The summed E-state index contributed by atoms with van der Waals surface area (Å²) in [7, 11) is 0. The van der Waals surface area contributed by atoms with Crippen LogP contribution >= 0.6 is 11.6 Å². The Balaban J connectivity index is 2.18. The zero-order valence-corrected chi connectivity index (χ0v) is 10.1. The second-order valence-corrected chi connectivity index (χ2v) is 4.66. The minimum atomic E-state index is -0.343. The summed E-state index contributed by atoms with van der Waals surface area (Å²) in [5.74, 6) is -0.343. The van der Waals surface area contributed by atoms with E-state index in [2.05, 4.69) is 17.1 Å². The molecule has 1 aliphatic rings. The first kappa shape index (κ1) is 11.7. The van der Waals surface area contributed by atoms with E-state index in [0.29, 0.717) is 6.04 Å². The summed E-state index contributed by atoms with van der Waals surface area (Å²) in [6.45, 7) is 5.03. The van der Waals surface area contributed by atoms with E-state index in [0.717, 1.165) is 31.7 Å². The van der Waals surface area contributed by atoms with E-state index in [-0.39, 0.29) is 10.8 Å². The zero-order chi connectivity index (χ0) is 11.5. The summed E-state index contributed by atoms with van der Waals surface area (Å²) in [6, 6.07) is 5.44. The standard InChI is InChI=1S/C12H16ClFN2/c1-9-8-16(6-2-5-15-9)10-3-4-11(13)12(14)7-10/h3-4,7,9,15H,2,5-6,8H2,1H3. The van der Waals surface area contributed by atoms with Crippen molar-refractivity contribution in [3.05, 3.63) is 29.0 Å². The molecule has 1 unspecified atom stereocenters. The molecule has 0 amide bonds. The molecule has 1 aliphatic heterocycles. The van der Waals surface area contributed by atoms with Crippen LogP contribution in [-0.4, -0.2) is 25.7 Å². The number of nitrogens with zero attached hydrogens (tertiary/aromatic N) is 1. The molecular weight excluding hydrogens is 227 g/mol. The largest absolute Gasteiger partial charge is 0.370 e. The second kappa shape index (κ2) is 5.02. The van der Waals surface area contributed by atoms with Gasteiger partial charge in [0.05, 0.1) is 5.02 Å². The van der Waals surface area contributed by atoms with Crippen molar-refractivity contribution in [2.24, 2.45) is 0 Å². The van der Waals surface area contributed by atoms with Crippen LogP contribution in [0.3, 0.4) is 0 Å². The molecule has 2 rings (SSSR count). The van der Waals surface area contributed by atoms with Gasteiger partial charge in [0.15, 0.2) is 0 Å². The summed E-state index contributed by atoms with van der Waals surface area (Å²) in [4.78, 5) is 2.20. The average Bonchev–Trinajstić information content (AvgIpc) is 2.47. The van der Waals surface area contributed by atoms with E-state index in [9.17, 15) is 4.39 Å². The Hall–Kier alpha value is -0.800. The molecule has 1 atom stereocenters. The van der Waals surface area contributed by atoms with Gasteiger partial charge in [0.1, 0.15) is 5.82 Å². The fraction of sp³-hybridized carbons (Fsp3) is 0.500. The van der Waals surface area contributed by atoms with Gasteiger partial charge in [-0.15, -0.1) is 0 Å². The first-order valence-corrected chi connectivity index (χ1v) is 5.98. The van der Waals surface area contributed by atoms with E-state index in [4.69, 9.17) is 11.6 Å². The molecule has 4 heteroatoms. The summed E-state index contributed by atoms with van der Waals surface area (Å²) in [6.07, 6.45) is 1.08. The van der Waals surface area contributed by atoms with Gasteiger partial charge >= 0.3 is 0 Å². The van der Waals surface area contributed by atoms with Gasteiger partial charge < -0.3 is 10.2 Å². The fourth-order valence-electron chi connectivity index (χ4n) is 2.02. The minimum absolute atomic E-state index is 0.185. The summed E-state index contributed by atoms with van der Waals surface area (Å²) >= 11 is 5.67. The van der Waals surface area contributed by atoms with Crippen molar-refractivity contribution in [2.45, 2.75) is 19.4 Å². The van der Waals surface area contributed by atoms with Gasteiger partial charge in [-0.25, -0.2) is 4.39 Å². The van der Waals surface area contributed by atoms with Crippen LogP contribution in [-0.2, 0) is 0 Å². The molecule has 0 spiro atoms. The van der Waals surface area contributed by atoms with E-state index >= 15 is 0 Å². The quantitative estimate of drug-likeness (QED) is 0.815. The maximum atomic E-state index is 13.4. The molecule has 1 aromatic carbocycles. The molecular formula is C12H16ClFN2. The van der Waals surface area contributed by atoms with Gasteiger partial charge in [-0.1, -0.05) is 11.6 Å². The van der Waals surface area contributed by atoms with Crippen molar-refractivity contribution < 1.29 is 4.39 Å². The summed E-state index contributed by atoms with van der Waals surface area (Å²) in [5.41, 5.74) is 0.914. The molecule has 1 heterocycles. The maximum absolute atomic E-state index is 13.4. The molecule has 2 nitrogen and oxygen atoms in total. The lowest BCUT2D eigenvalue weighted by Gasteiger charge is -2.24. The molecule has 1 N–H and O–H groups in total. The number of rotatable bonds is 1. The SMILES string of the molecule is CC1CN(c2ccc(Cl)c(F)c2)CCCN1. The highest BCUT2D eigenvalue weighted by atomic mass is 35.5. The van der Waals surface area contributed by atoms with E-state index in [1.54, 1.807) is 6.07 Å². The molecule has 0 bridgehead atoms. The van der Waals surface area contributed by atoms with Gasteiger partial charge in [-0.05, 0) is 38.1 Å². The highest BCUT2D eigenvalue weighted by Crippen LogP contribution is 2.22. The molecule has 0 aromatic heterocycles. The predicted molar refractivity (Wildman–Crippen MR) is 65.7 cm³/mol. The highest BCUT2D eigenvalue weighted by molar-refractivity contribution is 6.30. The second-order valence-electron chi connectivity index (χ2n) is 4.25. The molecule has 88 valence electrons. The Morgan fingerprint density at radius 3 is 3.06 bits per heavy atom. The monoisotopic (exact) mass is 242 g/mol. The molecule has 1 saturated heterocycles. The van der Waals surface area contributed by atoms with Crippen molar-refractivity contribution in [1.29, 1.82) is 0 Å². The maximum Gasteiger partial charge on any atom is 0.143 e. The van der Waals surface area contributed by atoms with E-state index in [1.165, 1.54) is 6.07 Å². The van der Waals surface area contributed by atoms with Crippen LogP contribution < -0.4 is 10.2 Å². The van der Waals surface area contributed by atoms with Crippen molar-refractivity contribution in [1.82, 2.24) is 5.32 Å². The summed E-state index contributed by atoms with van der Waals surface area (Å²) < 4.78 is 13.4. The van der Waals surface area contributed by atoms with Crippen LogP contribution in [0.4, 0.5) is 10.1 Å². The van der Waals surface area contributed by atoms with Crippen LogP contribution in [0, 0.1) is 5.82 Å². The minimum Gasteiger partial charge on any atom is -0.370 e. The fourth-order valence-corrected chi connectivity index (χ4v) is 2.14. The Labute approximate surface area is 100 Å². The zero-order valence-electron chi connectivity index (χ0n) is 9.34. The number of hydrogen-bond donors (Lipinski definition) is 1. The topological polar surface area (TPSA) is 15.3 Å². The Bertz CT molecular complexity index is 370. The van der Waals surface area contributed by atoms with Gasteiger partial charge in [0, 0.05) is 24.8 Å². The van der Waals surface area contributed by atoms with Crippen molar-refractivity contribution in [3.63, 3.8) is 0 Å². The number of anilines is 1. The lowest BCUT2D eigenvalue weighted by Crippen LogP contribution is -2.35. The van der Waals surface area contributed by atoms with E-state index in [1.807, 2.05) is 6.07 Å². The first-order valence-electron chi connectivity index (χ1n) is 5.60. The Kier molecular flexibility index (Phi) is 3.66. The molecule has 0 saturated carbocycles. The number of halogens is 2. The smallest absolute Gasteiger partial charge is 0.143 e. The lowest BCUT2D eigenvalue weighted by molar-refractivity contribution is 0.584. The molecule has 1 aromatic rings. The van der Waals surface area contributed by atoms with Gasteiger partial charge in [0.25, 0.3) is 0 Å². The predicted octanol–water partition coefficient (Wildman–Crippen LogP) is 2.67. The van der Waals surface area contributed by atoms with Crippen molar-refractivity contribution in [3.8, 4) is 0 Å². The molecule has 0 aliphatic carbocycles. The van der Waals surface area contributed by atoms with Crippen LogP contribution in [0.15, 0.2) is 18.2 Å². The number of hydrogen-bond acceptors (Lipinski definition) is 2. The number of nitrogens with one attached hydrogen (secondary N) is 1. The van der Waals surface area contributed by atoms with Crippen LogP contribution in [0.5, 0.6) is 0 Å². The highest BCUT2D eigenvalue weighted by Gasteiger charge is 2.15. The number of benzene rings is 1. The van der Waals surface area contributed by atoms with Crippen LogP contribution in [0.1, 0.15) is 13.3 Å². The van der Waals surface area contributed by atoms with E-state index < -0.39 is 0 Å². The van der Waals surface area contributed by atoms with Crippen LogP contribution in [0.2, 0.25) is 5.02 Å². The normalized spacial score (nSPS) is 21.9. The van der Waals surface area contributed by atoms with Crippen molar-refractivity contribution >= 4 is 17.3 Å². The lowest BCUT2D eigenvalue weighted by atomic mass is 10.2. The Morgan fingerprint density at radius 1 is 1.50 bits per heavy atom. The third-order valence-electron chi connectivity index (χ3n) is 2.86. The first-order chi connectivity index (χ1) is 7.66. The Morgan fingerprint density at radius 2 is 2.31 bits per heavy atom. The van der Waals surface area contributed by atoms with Gasteiger partial charge in [0.2, 0.25) is 0 Å². The average molecular weight is 243 g/mol. The molecule has 16 heavy (non-hydrogen) atoms. The molecule has 1 fully saturated rings. The van der Waals surface area contributed by atoms with Gasteiger partial charge in [-0.3, -0.25) is 0 Å². The molecule has 0 radical (unpaired) electrons. The third-order valence-corrected chi connectivity index (χ3v) is 3.17.